The Morgan fingerprint density at radius 1 is 1.09 bits per heavy atom. The zero-order valence-corrected chi connectivity index (χ0v) is 12.9. The highest BCUT2D eigenvalue weighted by molar-refractivity contribution is 5.97. The van der Waals surface area contributed by atoms with Crippen LogP contribution in [-0.4, -0.2) is 25.7 Å². The molecule has 0 saturated carbocycles. The number of para-hydroxylation sites is 1. The van der Waals surface area contributed by atoms with Crippen molar-refractivity contribution in [3.63, 3.8) is 0 Å². The van der Waals surface area contributed by atoms with Crippen LogP contribution in [0.15, 0.2) is 54.6 Å². The van der Waals surface area contributed by atoms with Gasteiger partial charge in [-0.1, -0.05) is 42.5 Å². The van der Waals surface area contributed by atoms with Gasteiger partial charge in [0.2, 0.25) is 0 Å². The van der Waals surface area contributed by atoms with Gasteiger partial charge in [-0.3, -0.25) is 4.79 Å². The zero-order valence-electron chi connectivity index (χ0n) is 12.9. The number of carbonyl (C=O) groups is 1. The van der Waals surface area contributed by atoms with E-state index in [1.165, 1.54) is 0 Å². The summed E-state index contributed by atoms with van der Waals surface area (Å²) in [6.07, 6.45) is 0. The number of carbonyl (C=O) groups excluding carboxylic acids is 1. The maximum absolute atomic E-state index is 12.3. The van der Waals surface area contributed by atoms with Crippen LogP contribution in [0.5, 0.6) is 5.75 Å². The molecular weight excluding hydrogens is 278 g/mol. The fourth-order valence-corrected chi connectivity index (χ4v) is 2.11. The maximum atomic E-state index is 12.3. The lowest BCUT2D eigenvalue weighted by molar-refractivity contribution is 0.0901. The molecule has 0 fully saturated rings. The Morgan fingerprint density at radius 3 is 2.50 bits per heavy atom. The Bertz CT molecular complexity index is 598. The van der Waals surface area contributed by atoms with Crippen LogP contribution < -0.4 is 10.1 Å². The number of ether oxygens (including phenoxy) is 2. The van der Waals surface area contributed by atoms with Crippen LogP contribution in [0.25, 0.3) is 0 Å². The number of amides is 1. The van der Waals surface area contributed by atoms with E-state index in [0.29, 0.717) is 24.5 Å². The Balaban J connectivity index is 2.04. The van der Waals surface area contributed by atoms with Crippen molar-refractivity contribution in [2.75, 3.05) is 13.7 Å². The van der Waals surface area contributed by atoms with Crippen LogP contribution in [-0.2, 0) is 11.3 Å². The van der Waals surface area contributed by atoms with Gasteiger partial charge in [0.15, 0.2) is 0 Å². The maximum Gasteiger partial charge on any atom is 0.255 e. The van der Waals surface area contributed by atoms with E-state index < -0.39 is 0 Å². The fraction of sp³-hybridized carbons (Fsp3) is 0.278. The third-order valence-corrected chi connectivity index (χ3v) is 3.16. The predicted molar refractivity (Wildman–Crippen MR) is 86.0 cm³/mol. The van der Waals surface area contributed by atoms with Gasteiger partial charge in [0, 0.05) is 13.2 Å². The highest BCUT2D eigenvalue weighted by Crippen LogP contribution is 2.19. The molecule has 116 valence electrons. The summed E-state index contributed by atoms with van der Waals surface area (Å²) in [6.45, 7) is 2.80. The molecule has 2 aromatic rings. The number of rotatable bonds is 7. The number of methoxy groups -OCH3 is 1. The molecule has 1 amide bonds. The predicted octanol–water partition coefficient (Wildman–Crippen LogP) is 3.03. The molecule has 0 aromatic heterocycles. The van der Waals surface area contributed by atoms with Gasteiger partial charge in [-0.2, -0.15) is 0 Å². The van der Waals surface area contributed by atoms with Gasteiger partial charge in [0.1, 0.15) is 12.4 Å². The minimum atomic E-state index is -0.159. The van der Waals surface area contributed by atoms with E-state index in [0.717, 1.165) is 5.56 Å². The Kier molecular flexibility index (Phi) is 5.98. The van der Waals surface area contributed by atoms with Gasteiger partial charge in [-0.05, 0) is 24.6 Å². The molecule has 0 spiro atoms. The molecule has 4 heteroatoms. The molecule has 0 aliphatic carbocycles. The van der Waals surface area contributed by atoms with Crippen LogP contribution in [0.4, 0.5) is 0 Å². The average molecular weight is 299 g/mol. The molecule has 0 radical (unpaired) electrons. The summed E-state index contributed by atoms with van der Waals surface area (Å²) in [5, 5.41) is 2.89. The number of hydrogen-bond acceptors (Lipinski definition) is 3. The van der Waals surface area contributed by atoms with Crippen molar-refractivity contribution in [2.45, 2.75) is 19.6 Å². The van der Waals surface area contributed by atoms with Crippen LogP contribution in [0.2, 0.25) is 0 Å². The Hall–Kier alpha value is -2.33. The summed E-state index contributed by atoms with van der Waals surface area (Å²) in [5.74, 6) is 0.418. The second-order valence-corrected chi connectivity index (χ2v) is 5.10. The van der Waals surface area contributed by atoms with Crippen LogP contribution in [0.1, 0.15) is 22.8 Å². The summed E-state index contributed by atoms with van der Waals surface area (Å²) < 4.78 is 10.8. The largest absolute Gasteiger partial charge is 0.488 e. The van der Waals surface area contributed by atoms with Crippen molar-refractivity contribution < 1.29 is 14.3 Å². The van der Waals surface area contributed by atoms with Crippen LogP contribution in [0.3, 0.4) is 0 Å². The lowest BCUT2D eigenvalue weighted by Crippen LogP contribution is -2.35. The SMILES string of the molecule is COCC(C)NC(=O)c1ccccc1OCc1ccccc1. The molecule has 4 nitrogen and oxygen atoms in total. The van der Waals surface area contributed by atoms with Crippen molar-refractivity contribution >= 4 is 5.91 Å². The second-order valence-electron chi connectivity index (χ2n) is 5.10. The molecule has 1 N–H and O–H groups in total. The summed E-state index contributed by atoms with van der Waals surface area (Å²) in [7, 11) is 1.61. The fourth-order valence-electron chi connectivity index (χ4n) is 2.11. The van der Waals surface area contributed by atoms with E-state index >= 15 is 0 Å². The number of hydrogen-bond donors (Lipinski definition) is 1. The molecule has 2 aromatic carbocycles. The molecule has 0 heterocycles. The minimum absolute atomic E-state index is 0.0559. The molecule has 1 unspecified atom stereocenters. The van der Waals surface area contributed by atoms with Gasteiger partial charge in [0.25, 0.3) is 5.91 Å². The van der Waals surface area contributed by atoms with Gasteiger partial charge in [-0.15, -0.1) is 0 Å². The van der Waals surface area contributed by atoms with Crippen molar-refractivity contribution in [3.8, 4) is 5.75 Å². The smallest absolute Gasteiger partial charge is 0.255 e. The first-order valence-corrected chi connectivity index (χ1v) is 7.26. The number of nitrogens with one attached hydrogen (secondary N) is 1. The van der Waals surface area contributed by atoms with E-state index in [1.54, 1.807) is 19.2 Å². The number of benzene rings is 2. The van der Waals surface area contributed by atoms with Gasteiger partial charge in [0.05, 0.1) is 12.2 Å². The summed E-state index contributed by atoms with van der Waals surface area (Å²) >= 11 is 0. The molecule has 0 saturated heterocycles. The quantitative estimate of drug-likeness (QED) is 0.855. The molecule has 0 aliphatic heterocycles. The molecule has 22 heavy (non-hydrogen) atoms. The Labute approximate surface area is 131 Å². The van der Waals surface area contributed by atoms with Gasteiger partial charge < -0.3 is 14.8 Å². The normalized spacial score (nSPS) is 11.7. The molecule has 0 bridgehead atoms. The van der Waals surface area contributed by atoms with E-state index in [1.807, 2.05) is 49.4 Å². The highest BCUT2D eigenvalue weighted by atomic mass is 16.5. The third kappa shape index (κ3) is 4.60. The highest BCUT2D eigenvalue weighted by Gasteiger charge is 2.14. The zero-order chi connectivity index (χ0) is 15.8. The minimum Gasteiger partial charge on any atom is -0.488 e. The van der Waals surface area contributed by atoms with Gasteiger partial charge in [-0.25, -0.2) is 0 Å². The molecule has 2 rings (SSSR count). The first-order valence-electron chi connectivity index (χ1n) is 7.26. The van der Waals surface area contributed by atoms with Crippen LogP contribution >= 0.6 is 0 Å². The second kappa shape index (κ2) is 8.20. The van der Waals surface area contributed by atoms with Crippen molar-refractivity contribution in [3.05, 3.63) is 65.7 Å². The third-order valence-electron chi connectivity index (χ3n) is 3.16. The van der Waals surface area contributed by atoms with Crippen molar-refractivity contribution in [1.82, 2.24) is 5.32 Å². The molecule has 1 atom stereocenters. The summed E-state index contributed by atoms with van der Waals surface area (Å²) in [4.78, 5) is 12.3. The monoisotopic (exact) mass is 299 g/mol. The van der Waals surface area contributed by atoms with E-state index in [9.17, 15) is 4.79 Å². The lowest BCUT2D eigenvalue weighted by Gasteiger charge is -2.15. The van der Waals surface area contributed by atoms with E-state index in [-0.39, 0.29) is 11.9 Å². The molecule has 0 aliphatic rings. The van der Waals surface area contributed by atoms with Gasteiger partial charge >= 0.3 is 0 Å². The summed E-state index contributed by atoms with van der Waals surface area (Å²) in [5.41, 5.74) is 1.59. The summed E-state index contributed by atoms with van der Waals surface area (Å²) in [6, 6.07) is 17.1. The van der Waals surface area contributed by atoms with E-state index in [2.05, 4.69) is 5.32 Å². The van der Waals surface area contributed by atoms with Crippen molar-refractivity contribution in [2.24, 2.45) is 0 Å². The van der Waals surface area contributed by atoms with Crippen LogP contribution in [0, 0.1) is 0 Å². The standard InChI is InChI=1S/C18H21NO3/c1-14(12-21-2)19-18(20)16-10-6-7-11-17(16)22-13-15-8-4-3-5-9-15/h3-11,14H,12-13H2,1-2H3,(H,19,20). The molecular formula is C18H21NO3. The van der Waals surface area contributed by atoms with E-state index in [4.69, 9.17) is 9.47 Å². The first-order chi connectivity index (χ1) is 10.7. The van der Waals surface area contributed by atoms with Crippen molar-refractivity contribution in [1.29, 1.82) is 0 Å². The lowest BCUT2D eigenvalue weighted by atomic mass is 10.1. The Morgan fingerprint density at radius 2 is 1.77 bits per heavy atom. The topological polar surface area (TPSA) is 47.6 Å². The first kappa shape index (κ1) is 16.0. The average Bonchev–Trinajstić information content (AvgIpc) is 2.54.